The van der Waals surface area contributed by atoms with Gasteiger partial charge in [-0.15, -0.1) is 11.3 Å². The molecule has 4 rings (SSSR count). The monoisotopic (exact) mass is 428 g/mol. The highest BCUT2D eigenvalue weighted by molar-refractivity contribution is 7.17. The molecule has 140 valence electrons. The molecule has 0 unspecified atom stereocenters. The van der Waals surface area contributed by atoms with Crippen molar-refractivity contribution in [3.8, 4) is 10.4 Å². The predicted molar refractivity (Wildman–Crippen MR) is 113 cm³/mol. The summed E-state index contributed by atoms with van der Waals surface area (Å²) in [5.41, 5.74) is 1.91. The standard InChI is InChI=1S/C20H14Cl2N4OS/c21-15-8-14(9-16(22)10-15)17-3-4-18(28-17)20(27)24-19-5-7-26(25-19)12-13-2-1-6-23-11-13/h1-11H,12H2,(H,24,25,27). The fraction of sp³-hybridized carbons (Fsp3) is 0.0500. The van der Waals surface area contributed by atoms with Crippen molar-refractivity contribution in [3.05, 3.63) is 87.6 Å². The molecule has 0 spiro atoms. The largest absolute Gasteiger partial charge is 0.304 e. The van der Waals surface area contributed by atoms with Crippen LogP contribution in [0.3, 0.4) is 0 Å². The summed E-state index contributed by atoms with van der Waals surface area (Å²) < 4.78 is 1.75. The minimum atomic E-state index is -0.212. The number of aromatic nitrogens is 3. The molecule has 1 aromatic carbocycles. The number of benzene rings is 1. The van der Waals surface area contributed by atoms with Gasteiger partial charge in [-0.05, 0) is 47.5 Å². The number of amides is 1. The molecule has 0 saturated carbocycles. The summed E-state index contributed by atoms with van der Waals surface area (Å²) >= 11 is 13.5. The molecule has 28 heavy (non-hydrogen) atoms. The van der Waals surface area contributed by atoms with Crippen molar-refractivity contribution in [3.63, 3.8) is 0 Å². The summed E-state index contributed by atoms with van der Waals surface area (Å²) in [4.78, 5) is 18.1. The third-order valence-electron chi connectivity index (χ3n) is 3.93. The second-order valence-electron chi connectivity index (χ2n) is 6.04. The Morgan fingerprint density at radius 3 is 2.68 bits per heavy atom. The Morgan fingerprint density at radius 1 is 1.11 bits per heavy atom. The minimum absolute atomic E-state index is 0.212. The molecule has 3 aromatic heterocycles. The van der Waals surface area contributed by atoms with Crippen molar-refractivity contribution in [2.24, 2.45) is 0 Å². The van der Waals surface area contributed by atoms with E-state index in [9.17, 15) is 4.79 Å². The fourth-order valence-corrected chi connectivity index (χ4v) is 4.10. The summed E-state index contributed by atoms with van der Waals surface area (Å²) in [6.45, 7) is 0.586. The molecular formula is C20H14Cl2N4OS. The number of rotatable bonds is 5. The van der Waals surface area contributed by atoms with Gasteiger partial charge >= 0.3 is 0 Å². The lowest BCUT2D eigenvalue weighted by atomic mass is 10.2. The molecule has 1 amide bonds. The lowest BCUT2D eigenvalue weighted by Gasteiger charge is -2.02. The number of thiophene rings is 1. The molecule has 0 aliphatic heterocycles. The molecule has 1 N–H and O–H groups in total. The fourth-order valence-electron chi connectivity index (χ4n) is 2.68. The Labute approximate surface area is 175 Å². The Bertz CT molecular complexity index is 1100. The zero-order valence-electron chi connectivity index (χ0n) is 14.5. The first-order chi connectivity index (χ1) is 13.6. The van der Waals surface area contributed by atoms with E-state index in [1.165, 1.54) is 11.3 Å². The number of nitrogens with one attached hydrogen (secondary N) is 1. The highest BCUT2D eigenvalue weighted by atomic mass is 35.5. The molecule has 0 fully saturated rings. The van der Waals surface area contributed by atoms with E-state index in [2.05, 4.69) is 15.4 Å². The van der Waals surface area contributed by atoms with E-state index >= 15 is 0 Å². The van der Waals surface area contributed by atoms with Crippen molar-refractivity contribution in [2.45, 2.75) is 6.54 Å². The molecule has 8 heteroatoms. The van der Waals surface area contributed by atoms with Gasteiger partial charge in [0.15, 0.2) is 5.82 Å². The van der Waals surface area contributed by atoms with Crippen LogP contribution in [0, 0.1) is 0 Å². The van der Waals surface area contributed by atoms with Gasteiger partial charge in [0.25, 0.3) is 5.91 Å². The molecular weight excluding hydrogens is 415 g/mol. The SMILES string of the molecule is O=C(Nc1ccn(Cc2cccnc2)n1)c1ccc(-c2cc(Cl)cc(Cl)c2)s1. The van der Waals surface area contributed by atoms with Crippen molar-refractivity contribution in [1.82, 2.24) is 14.8 Å². The van der Waals surface area contributed by atoms with Crippen molar-refractivity contribution < 1.29 is 4.79 Å². The summed E-state index contributed by atoms with van der Waals surface area (Å²) in [5, 5.41) is 8.32. The Balaban J connectivity index is 1.45. The van der Waals surface area contributed by atoms with E-state index in [0.717, 1.165) is 16.0 Å². The van der Waals surface area contributed by atoms with E-state index in [4.69, 9.17) is 23.2 Å². The summed E-state index contributed by atoms with van der Waals surface area (Å²) in [5.74, 6) is 0.283. The van der Waals surface area contributed by atoms with Gasteiger partial charge in [-0.25, -0.2) is 0 Å². The number of pyridine rings is 1. The van der Waals surface area contributed by atoms with Gasteiger partial charge < -0.3 is 5.32 Å². The molecule has 0 aliphatic carbocycles. The highest BCUT2D eigenvalue weighted by Crippen LogP contribution is 2.32. The zero-order chi connectivity index (χ0) is 19.5. The summed E-state index contributed by atoms with van der Waals surface area (Å²) in [7, 11) is 0. The number of hydrogen-bond donors (Lipinski definition) is 1. The van der Waals surface area contributed by atoms with Gasteiger partial charge in [0, 0.05) is 39.6 Å². The lowest BCUT2D eigenvalue weighted by Crippen LogP contribution is -2.11. The first kappa shape index (κ1) is 18.7. The van der Waals surface area contributed by atoms with E-state index in [-0.39, 0.29) is 5.91 Å². The first-order valence-electron chi connectivity index (χ1n) is 8.37. The Morgan fingerprint density at radius 2 is 1.93 bits per heavy atom. The van der Waals surface area contributed by atoms with Crippen LogP contribution in [0.2, 0.25) is 10.0 Å². The predicted octanol–water partition coefficient (Wildman–Crippen LogP) is 5.61. The maximum Gasteiger partial charge on any atom is 0.266 e. The number of carbonyl (C=O) groups is 1. The minimum Gasteiger partial charge on any atom is -0.304 e. The van der Waals surface area contributed by atoms with Gasteiger partial charge in [0.05, 0.1) is 11.4 Å². The van der Waals surface area contributed by atoms with Crippen LogP contribution in [0.4, 0.5) is 5.82 Å². The second kappa shape index (κ2) is 8.14. The number of carbonyl (C=O) groups excluding carboxylic acids is 1. The highest BCUT2D eigenvalue weighted by Gasteiger charge is 2.13. The first-order valence-corrected chi connectivity index (χ1v) is 9.94. The smallest absolute Gasteiger partial charge is 0.266 e. The molecule has 0 atom stereocenters. The van der Waals surface area contributed by atoms with Crippen LogP contribution in [0.1, 0.15) is 15.2 Å². The molecule has 0 aliphatic rings. The van der Waals surface area contributed by atoms with Crippen LogP contribution >= 0.6 is 34.5 Å². The van der Waals surface area contributed by atoms with Gasteiger partial charge in [-0.3, -0.25) is 14.5 Å². The van der Waals surface area contributed by atoms with E-state index in [1.54, 1.807) is 35.3 Å². The quantitative estimate of drug-likeness (QED) is 0.448. The topological polar surface area (TPSA) is 59.8 Å². The van der Waals surface area contributed by atoms with Crippen LogP contribution in [0.5, 0.6) is 0 Å². The van der Waals surface area contributed by atoms with Crippen LogP contribution < -0.4 is 5.32 Å². The maximum absolute atomic E-state index is 12.5. The van der Waals surface area contributed by atoms with Gasteiger partial charge in [-0.1, -0.05) is 29.3 Å². The van der Waals surface area contributed by atoms with Crippen molar-refractivity contribution >= 4 is 46.3 Å². The number of nitrogens with zero attached hydrogens (tertiary/aromatic N) is 3. The van der Waals surface area contributed by atoms with Crippen LogP contribution in [-0.4, -0.2) is 20.7 Å². The molecule has 3 heterocycles. The molecule has 4 aromatic rings. The molecule has 0 saturated heterocycles. The van der Waals surface area contributed by atoms with Gasteiger partial charge in [0.2, 0.25) is 0 Å². The number of halogens is 2. The van der Waals surface area contributed by atoms with Crippen molar-refractivity contribution in [2.75, 3.05) is 5.32 Å². The second-order valence-corrected chi connectivity index (χ2v) is 7.99. The zero-order valence-corrected chi connectivity index (χ0v) is 16.8. The van der Waals surface area contributed by atoms with Crippen LogP contribution in [0.25, 0.3) is 10.4 Å². The van der Waals surface area contributed by atoms with Crippen LogP contribution in [0.15, 0.2) is 67.1 Å². The average Bonchev–Trinajstić information content (AvgIpc) is 3.32. The summed E-state index contributed by atoms with van der Waals surface area (Å²) in [6.07, 6.45) is 5.33. The number of anilines is 1. The lowest BCUT2D eigenvalue weighted by molar-refractivity contribution is 0.103. The number of hydrogen-bond acceptors (Lipinski definition) is 4. The van der Waals surface area contributed by atoms with Gasteiger partial charge in [0.1, 0.15) is 0 Å². The maximum atomic E-state index is 12.5. The Kier molecular flexibility index (Phi) is 5.43. The third kappa shape index (κ3) is 4.42. The molecule has 0 radical (unpaired) electrons. The van der Waals surface area contributed by atoms with Gasteiger partial charge in [-0.2, -0.15) is 5.10 Å². The normalized spacial score (nSPS) is 10.8. The Hall–Kier alpha value is -2.67. The third-order valence-corrected chi connectivity index (χ3v) is 5.50. The molecule has 0 bridgehead atoms. The van der Waals surface area contributed by atoms with E-state index in [0.29, 0.717) is 27.3 Å². The van der Waals surface area contributed by atoms with E-state index < -0.39 is 0 Å². The van der Waals surface area contributed by atoms with Crippen molar-refractivity contribution in [1.29, 1.82) is 0 Å². The summed E-state index contributed by atoms with van der Waals surface area (Å²) in [6, 6.07) is 14.6. The van der Waals surface area contributed by atoms with Crippen LogP contribution in [-0.2, 0) is 6.54 Å². The van der Waals surface area contributed by atoms with E-state index in [1.807, 2.05) is 36.5 Å². The average molecular weight is 429 g/mol. The molecule has 5 nitrogen and oxygen atoms in total.